The zero-order valence-corrected chi connectivity index (χ0v) is 9.27. The Morgan fingerprint density at radius 2 is 2.00 bits per heavy atom. The molecule has 4 nitrogen and oxygen atoms in total. The van der Waals surface area contributed by atoms with Gasteiger partial charge >= 0.3 is 0 Å². The van der Waals surface area contributed by atoms with E-state index in [0.29, 0.717) is 24.0 Å². The maximum Gasteiger partial charge on any atom is 0.232 e. The Morgan fingerprint density at radius 3 is 2.62 bits per heavy atom. The molecule has 0 aliphatic heterocycles. The minimum Gasteiger partial charge on any atom is -0.493 e. The minimum absolute atomic E-state index is 0.300. The summed E-state index contributed by atoms with van der Waals surface area (Å²) in [5.41, 5.74) is 0. The van der Waals surface area contributed by atoms with E-state index in [1.54, 1.807) is 13.3 Å². The number of benzene rings is 1. The van der Waals surface area contributed by atoms with Crippen LogP contribution < -0.4 is 9.47 Å². The van der Waals surface area contributed by atoms with Crippen LogP contribution in [0, 0.1) is 6.92 Å². The number of aryl methyl sites for hydroxylation is 1. The van der Waals surface area contributed by atoms with Crippen molar-refractivity contribution in [1.29, 1.82) is 0 Å². The molecular weight excluding hydrogens is 206 g/mol. The van der Waals surface area contributed by atoms with Crippen molar-refractivity contribution in [3.8, 4) is 11.5 Å². The van der Waals surface area contributed by atoms with Crippen LogP contribution >= 0.6 is 0 Å². The highest BCUT2D eigenvalue weighted by atomic mass is 16.5. The first-order chi connectivity index (χ1) is 7.79. The molecular formula is C12H13NO3. The summed E-state index contributed by atoms with van der Waals surface area (Å²) in [7, 11) is 1.61. The highest BCUT2D eigenvalue weighted by Gasteiger charge is 2.05. The molecule has 0 saturated heterocycles. The van der Waals surface area contributed by atoms with Crippen LogP contribution in [0.25, 0.3) is 0 Å². The Labute approximate surface area is 93.8 Å². The topological polar surface area (TPSA) is 44.5 Å². The first-order valence-electron chi connectivity index (χ1n) is 4.96. The van der Waals surface area contributed by atoms with Crippen LogP contribution in [0.3, 0.4) is 0 Å². The predicted molar refractivity (Wildman–Crippen MR) is 58.6 cm³/mol. The second-order valence-electron chi connectivity index (χ2n) is 3.30. The number of methoxy groups -OCH3 is 1. The highest BCUT2D eigenvalue weighted by Crippen LogP contribution is 2.26. The molecule has 0 radical (unpaired) electrons. The standard InChI is InChI=1S/C12H13NO3/c1-9-7-13-12(16-9)8-15-11-6-4-3-5-10(11)14-2/h3-7H,8H2,1-2H3. The smallest absolute Gasteiger partial charge is 0.232 e. The Hall–Kier alpha value is -1.97. The quantitative estimate of drug-likeness (QED) is 0.792. The molecule has 0 atom stereocenters. The van der Waals surface area contributed by atoms with Crippen molar-refractivity contribution in [3.63, 3.8) is 0 Å². The summed E-state index contributed by atoms with van der Waals surface area (Å²) in [6.45, 7) is 2.15. The molecule has 0 spiro atoms. The lowest BCUT2D eigenvalue weighted by molar-refractivity contribution is 0.248. The molecule has 0 bridgehead atoms. The number of para-hydroxylation sites is 2. The Balaban J connectivity index is 2.04. The zero-order chi connectivity index (χ0) is 11.4. The van der Waals surface area contributed by atoms with Crippen LogP contribution in [0.2, 0.25) is 0 Å². The van der Waals surface area contributed by atoms with Gasteiger partial charge in [0.2, 0.25) is 5.89 Å². The summed E-state index contributed by atoms with van der Waals surface area (Å²) in [5.74, 6) is 2.72. The van der Waals surface area contributed by atoms with E-state index in [-0.39, 0.29) is 0 Å². The Bertz CT molecular complexity index is 465. The van der Waals surface area contributed by atoms with Gasteiger partial charge < -0.3 is 13.9 Å². The fourth-order valence-corrected chi connectivity index (χ4v) is 1.35. The molecule has 0 aliphatic carbocycles. The summed E-state index contributed by atoms with van der Waals surface area (Å²) in [6, 6.07) is 7.46. The van der Waals surface area contributed by atoms with Crippen molar-refractivity contribution >= 4 is 0 Å². The van der Waals surface area contributed by atoms with E-state index in [1.807, 2.05) is 31.2 Å². The van der Waals surface area contributed by atoms with Crippen molar-refractivity contribution in [2.75, 3.05) is 7.11 Å². The summed E-state index contributed by atoms with van der Waals surface area (Å²) >= 11 is 0. The number of rotatable bonds is 4. The van der Waals surface area contributed by atoms with Crippen molar-refractivity contribution in [1.82, 2.24) is 4.98 Å². The van der Waals surface area contributed by atoms with E-state index in [2.05, 4.69) is 4.98 Å². The Kier molecular flexibility index (Phi) is 3.10. The summed E-state index contributed by atoms with van der Waals surface area (Å²) in [6.07, 6.45) is 1.67. The van der Waals surface area contributed by atoms with E-state index < -0.39 is 0 Å². The molecule has 2 aromatic rings. The van der Waals surface area contributed by atoms with Crippen LogP contribution in [0.4, 0.5) is 0 Å². The third-order valence-corrected chi connectivity index (χ3v) is 2.09. The molecule has 0 fully saturated rings. The van der Waals surface area contributed by atoms with Gasteiger partial charge in [-0.05, 0) is 19.1 Å². The van der Waals surface area contributed by atoms with Gasteiger partial charge in [-0.1, -0.05) is 12.1 Å². The van der Waals surface area contributed by atoms with Gasteiger partial charge in [0.15, 0.2) is 18.1 Å². The van der Waals surface area contributed by atoms with E-state index in [0.717, 1.165) is 5.76 Å². The van der Waals surface area contributed by atoms with Crippen molar-refractivity contribution in [2.24, 2.45) is 0 Å². The third kappa shape index (κ3) is 2.34. The molecule has 1 aromatic carbocycles. The molecule has 0 saturated carbocycles. The first kappa shape index (κ1) is 10.5. The molecule has 4 heteroatoms. The Morgan fingerprint density at radius 1 is 1.25 bits per heavy atom. The molecule has 1 aromatic heterocycles. The van der Waals surface area contributed by atoms with E-state index in [9.17, 15) is 0 Å². The van der Waals surface area contributed by atoms with Gasteiger partial charge in [0.05, 0.1) is 13.3 Å². The van der Waals surface area contributed by atoms with E-state index in [1.165, 1.54) is 0 Å². The molecule has 1 heterocycles. The van der Waals surface area contributed by atoms with Gasteiger partial charge in [-0.3, -0.25) is 0 Å². The van der Waals surface area contributed by atoms with Crippen LogP contribution in [0.15, 0.2) is 34.9 Å². The van der Waals surface area contributed by atoms with Crippen LogP contribution in [0.1, 0.15) is 11.7 Å². The monoisotopic (exact) mass is 219 g/mol. The number of ether oxygens (including phenoxy) is 2. The zero-order valence-electron chi connectivity index (χ0n) is 9.27. The molecule has 0 aliphatic rings. The molecule has 16 heavy (non-hydrogen) atoms. The highest BCUT2D eigenvalue weighted by molar-refractivity contribution is 5.39. The first-order valence-corrected chi connectivity index (χ1v) is 4.96. The number of hydrogen-bond acceptors (Lipinski definition) is 4. The van der Waals surface area contributed by atoms with Crippen LogP contribution in [-0.4, -0.2) is 12.1 Å². The van der Waals surface area contributed by atoms with Gasteiger partial charge in [0.1, 0.15) is 5.76 Å². The predicted octanol–water partition coefficient (Wildman–Crippen LogP) is 2.57. The summed E-state index contributed by atoms with van der Waals surface area (Å²) < 4.78 is 16.0. The van der Waals surface area contributed by atoms with Crippen LogP contribution in [-0.2, 0) is 6.61 Å². The van der Waals surface area contributed by atoms with Crippen LogP contribution in [0.5, 0.6) is 11.5 Å². The molecule has 0 N–H and O–H groups in total. The number of aromatic nitrogens is 1. The van der Waals surface area contributed by atoms with Crippen molar-refractivity contribution in [2.45, 2.75) is 13.5 Å². The second-order valence-corrected chi connectivity index (χ2v) is 3.30. The van der Waals surface area contributed by atoms with Gasteiger partial charge in [0, 0.05) is 0 Å². The van der Waals surface area contributed by atoms with E-state index in [4.69, 9.17) is 13.9 Å². The maximum atomic E-state index is 5.55. The molecule has 84 valence electrons. The van der Waals surface area contributed by atoms with Gasteiger partial charge in [-0.25, -0.2) is 4.98 Å². The van der Waals surface area contributed by atoms with Crippen molar-refractivity contribution in [3.05, 3.63) is 42.1 Å². The number of oxazole rings is 1. The molecule has 0 unspecified atom stereocenters. The van der Waals surface area contributed by atoms with E-state index >= 15 is 0 Å². The second kappa shape index (κ2) is 4.70. The lowest BCUT2D eigenvalue weighted by Crippen LogP contribution is -1.97. The normalized spacial score (nSPS) is 10.1. The lowest BCUT2D eigenvalue weighted by Gasteiger charge is -2.08. The summed E-state index contributed by atoms with van der Waals surface area (Å²) in [4.78, 5) is 4.05. The third-order valence-electron chi connectivity index (χ3n) is 2.09. The SMILES string of the molecule is COc1ccccc1OCc1ncc(C)o1. The molecule has 2 rings (SSSR count). The van der Waals surface area contributed by atoms with Crippen molar-refractivity contribution < 1.29 is 13.9 Å². The van der Waals surface area contributed by atoms with Gasteiger partial charge in [-0.2, -0.15) is 0 Å². The lowest BCUT2D eigenvalue weighted by atomic mass is 10.3. The average Bonchev–Trinajstić information content (AvgIpc) is 2.73. The fourth-order valence-electron chi connectivity index (χ4n) is 1.35. The number of hydrogen-bond donors (Lipinski definition) is 0. The minimum atomic E-state index is 0.300. The fraction of sp³-hybridized carbons (Fsp3) is 0.250. The van der Waals surface area contributed by atoms with Gasteiger partial charge in [-0.15, -0.1) is 0 Å². The van der Waals surface area contributed by atoms with Gasteiger partial charge in [0.25, 0.3) is 0 Å². The molecule has 0 amide bonds. The maximum absolute atomic E-state index is 5.55. The largest absolute Gasteiger partial charge is 0.493 e. The number of nitrogens with zero attached hydrogens (tertiary/aromatic N) is 1. The average molecular weight is 219 g/mol. The summed E-state index contributed by atoms with van der Waals surface area (Å²) in [5, 5.41) is 0.